The molecule has 2 saturated carbocycles. The number of anilines is 1. The highest BCUT2D eigenvalue weighted by atomic mass is 32.1. The zero-order chi connectivity index (χ0) is 12.7. The Morgan fingerprint density at radius 2 is 2.33 bits per heavy atom. The second-order valence-corrected chi connectivity index (χ2v) is 6.88. The first-order chi connectivity index (χ1) is 8.63. The number of aliphatic hydroxyl groups excluding tert-OH is 1. The van der Waals surface area contributed by atoms with Gasteiger partial charge in [-0.3, -0.25) is 0 Å². The summed E-state index contributed by atoms with van der Waals surface area (Å²) in [6.45, 7) is 2.91. The van der Waals surface area contributed by atoms with Crippen LogP contribution in [0.2, 0.25) is 0 Å². The molecule has 1 heterocycles. The molecule has 0 saturated heterocycles. The van der Waals surface area contributed by atoms with E-state index in [1.54, 1.807) is 18.3 Å². The molecule has 1 aromatic rings. The Labute approximate surface area is 113 Å². The third-order valence-corrected chi connectivity index (χ3v) is 5.63. The number of nitrogens with zero attached hydrogens (tertiary/aromatic N) is 2. The maximum atomic E-state index is 9.51. The average Bonchev–Trinajstić information content (AvgIpc) is 3.04. The summed E-state index contributed by atoms with van der Waals surface area (Å²) >= 11 is 1.64. The van der Waals surface area contributed by atoms with Gasteiger partial charge in [-0.25, -0.2) is 4.98 Å². The number of aromatic nitrogens is 1. The molecule has 0 aromatic carbocycles. The van der Waals surface area contributed by atoms with Crippen LogP contribution >= 0.6 is 11.3 Å². The zero-order valence-corrected chi connectivity index (χ0v) is 12.0. The number of thiazole rings is 1. The van der Waals surface area contributed by atoms with Crippen molar-refractivity contribution in [1.82, 2.24) is 4.98 Å². The van der Waals surface area contributed by atoms with Crippen LogP contribution < -0.4 is 4.90 Å². The highest BCUT2D eigenvalue weighted by Crippen LogP contribution is 2.48. The fourth-order valence-corrected chi connectivity index (χ4v) is 4.56. The lowest BCUT2D eigenvalue weighted by Gasteiger charge is -2.26. The lowest BCUT2D eigenvalue weighted by Crippen LogP contribution is -2.28. The number of hydrogen-bond donors (Lipinski definition) is 1. The third-order valence-electron chi connectivity index (χ3n) is 4.66. The summed E-state index contributed by atoms with van der Waals surface area (Å²) in [5, 5.41) is 12.5. The van der Waals surface area contributed by atoms with Crippen molar-refractivity contribution in [2.24, 2.45) is 17.8 Å². The number of aliphatic hydroxyl groups is 1. The summed E-state index contributed by atoms with van der Waals surface area (Å²) < 4.78 is 0. The van der Waals surface area contributed by atoms with Crippen LogP contribution in [0.15, 0.2) is 5.38 Å². The van der Waals surface area contributed by atoms with Gasteiger partial charge in [0.25, 0.3) is 0 Å². The van der Waals surface area contributed by atoms with Crippen LogP contribution in [-0.4, -0.2) is 23.7 Å². The summed E-state index contributed by atoms with van der Waals surface area (Å²) in [6.07, 6.45) is 5.35. The molecule has 4 atom stereocenters. The first kappa shape index (κ1) is 12.4. The molecule has 1 N–H and O–H groups in total. The molecular formula is C14H22N2OS. The van der Waals surface area contributed by atoms with E-state index in [1.165, 1.54) is 25.7 Å². The van der Waals surface area contributed by atoms with Gasteiger partial charge in [0, 0.05) is 19.0 Å². The van der Waals surface area contributed by atoms with Crippen LogP contribution in [-0.2, 0) is 0 Å². The summed E-state index contributed by atoms with van der Waals surface area (Å²) in [5.74, 6) is 2.85. The molecule has 4 unspecified atom stereocenters. The van der Waals surface area contributed by atoms with Gasteiger partial charge < -0.3 is 10.0 Å². The van der Waals surface area contributed by atoms with Crippen molar-refractivity contribution in [1.29, 1.82) is 0 Å². The van der Waals surface area contributed by atoms with Gasteiger partial charge >= 0.3 is 0 Å². The first-order valence-corrected chi connectivity index (χ1v) is 7.86. The van der Waals surface area contributed by atoms with E-state index in [-0.39, 0.29) is 0 Å². The third kappa shape index (κ3) is 2.28. The van der Waals surface area contributed by atoms with Crippen molar-refractivity contribution in [3.8, 4) is 0 Å². The quantitative estimate of drug-likeness (QED) is 0.910. The molecular weight excluding hydrogens is 244 g/mol. The van der Waals surface area contributed by atoms with Crippen LogP contribution in [0.1, 0.15) is 44.4 Å². The van der Waals surface area contributed by atoms with Crippen LogP contribution in [0.5, 0.6) is 0 Å². The lowest BCUT2D eigenvalue weighted by molar-refractivity contribution is 0.195. The van der Waals surface area contributed by atoms with Crippen molar-refractivity contribution in [2.75, 3.05) is 18.5 Å². The Bertz CT molecular complexity index is 418. The Morgan fingerprint density at radius 1 is 1.50 bits per heavy atom. The standard InChI is InChI=1S/C14H22N2OS/c1-9(17)13-8-18-14(15-13)16(2)7-12-6-10-3-4-11(12)5-10/h8-12,17H,3-7H2,1-2H3. The van der Waals surface area contributed by atoms with Crippen molar-refractivity contribution >= 4 is 16.5 Å². The van der Waals surface area contributed by atoms with E-state index in [1.807, 2.05) is 5.38 Å². The minimum absolute atomic E-state index is 0.453. The van der Waals surface area contributed by atoms with Gasteiger partial charge in [-0.05, 0) is 43.9 Å². The van der Waals surface area contributed by atoms with Gasteiger partial charge in [-0.15, -0.1) is 11.3 Å². The Kier molecular flexibility index (Phi) is 3.32. The molecule has 3 rings (SSSR count). The highest BCUT2D eigenvalue weighted by Gasteiger charge is 2.39. The van der Waals surface area contributed by atoms with Gasteiger partial charge in [0.1, 0.15) is 0 Å². The molecule has 2 aliphatic rings. The van der Waals surface area contributed by atoms with E-state index in [2.05, 4.69) is 16.9 Å². The maximum absolute atomic E-state index is 9.51. The van der Waals surface area contributed by atoms with E-state index in [4.69, 9.17) is 0 Å². The SMILES string of the molecule is CC(O)c1csc(N(C)CC2CC3CCC2C3)n1. The topological polar surface area (TPSA) is 36.4 Å². The second kappa shape index (κ2) is 4.82. The van der Waals surface area contributed by atoms with Crippen molar-refractivity contribution in [3.05, 3.63) is 11.1 Å². The highest BCUT2D eigenvalue weighted by molar-refractivity contribution is 7.13. The number of rotatable bonds is 4. The molecule has 0 radical (unpaired) electrons. The van der Waals surface area contributed by atoms with Gasteiger partial charge in [-0.2, -0.15) is 0 Å². The summed E-state index contributed by atoms with van der Waals surface area (Å²) in [7, 11) is 2.14. The van der Waals surface area contributed by atoms with E-state index in [0.717, 1.165) is 35.1 Å². The predicted octanol–water partition coefficient (Wildman–Crippen LogP) is 3.07. The molecule has 2 bridgehead atoms. The molecule has 2 fully saturated rings. The zero-order valence-electron chi connectivity index (χ0n) is 11.2. The molecule has 0 spiro atoms. The Balaban J connectivity index is 1.62. The van der Waals surface area contributed by atoms with E-state index in [9.17, 15) is 5.11 Å². The van der Waals surface area contributed by atoms with E-state index in [0.29, 0.717) is 0 Å². The molecule has 100 valence electrons. The smallest absolute Gasteiger partial charge is 0.185 e. The Hall–Kier alpha value is -0.610. The fraction of sp³-hybridized carbons (Fsp3) is 0.786. The van der Waals surface area contributed by atoms with E-state index < -0.39 is 6.10 Å². The monoisotopic (exact) mass is 266 g/mol. The number of fused-ring (bicyclic) bond motifs is 2. The van der Waals surface area contributed by atoms with Crippen molar-refractivity contribution in [3.63, 3.8) is 0 Å². The van der Waals surface area contributed by atoms with Gasteiger partial charge in [0.05, 0.1) is 11.8 Å². The average molecular weight is 266 g/mol. The number of hydrogen-bond acceptors (Lipinski definition) is 4. The summed E-state index contributed by atoms with van der Waals surface area (Å²) in [6, 6.07) is 0. The lowest BCUT2D eigenvalue weighted by atomic mass is 9.88. The van der Waals surface area contributed by atoms with Gasteiger partial charge in [0.2, 0.25) is 0 Å². The minimum atomic E-state index is -0.453. The predicted molar refractivity (Wildman–Crippen MR) is 75.0 cm³/mol. The van der Waals surface area contributed by atoms with Crippen LogP contribution in [0.25, 0.3) is 0 Å². The first-order valence-electron chi connectivity index (χ1n) is 6.98. The second-order valence-electron chi connectivity index (χ2n) is 6.05. The van der Waals surface area contributed by atoms with Crippen molar-refractivity contribution in [2.45, 2.75) is 38.7 Å². The largest absolute Gasteiger partial charge is 0.387 e. The Morgan fingerprint density at radius 3 is 2.89 bits per heavy atom. The molecule has 1 aromatic heterocycles. The van der Waals surface area contributed by atoms with Crippen LogP contribution in [0, 0.1) is 17.8 Å². The molecule has 0 amide bonds. The molecule has 0 aliphatic heterocycles. The molecule has 18 heavy (non-hydrogen) atoms. The van der Waals surface area contributed by atoms with Gasteiger partial charge in [0.15, 0.2) is 5.13 Å². The molecule has 3 nitrogen and oxygen atoms in total. The molecule has 2 aliphatic carbocycles. The summed E-state index contributed by atoms with van der Waals surface area (Å²) in [5.41, 5.74) is 0.801. The normalized spacial score (nSPS) is 31.8. The van der Waals surface area contributed by atoms with Crippen LogP contribution in [0.3, 0.4) is 0 Å². The summed E-state index contributed by atoms with van der Waals surface area (Å²) in [4.78, 5) is 6.79. The fourth-order valence-electron chi connectivity index (χ4n) is 3.67. The van der Waals surface area contributed by atoms with E-state index >= 15 is 0 Å². The van der Waals surface area contributed by atoms with Gasteiger partial charge in [-0.1, -0.05) is 6.42 Å². The van der Waals surface area contributed by atoms with Crippen LogP contribution in [0.4, 0.5) is 5.13 Å². The molecule has 4 heteroatoms. The minimum Gasteiger partial charge on any atom is -0.387 e. The van der Waals surface area contributed by atoms with Crippen molar-refractivity contribution < 1.29 is 5.11 Å². The maximum Gasteiger partial charge on any atom is 0.185 e.